The number of amides is 1. The number of allylic oxidation sites excluding steroid dienone is 1. The van der Waals surface area contributed by atoms with Gasteiger partial charge in [-0.2, -0.15) is 0 Å². The zero-order valence-electron chi connectivity index (χ0n) is 50.6. The first-order valence-electron chi connectivity index (χ1n) is 30.2. The van der Waals surface area contributed by atoms with Gasteiger partial charge in [0.15, 0.2) is 37.2 Å². The minimum atomic E-state index is -2.43. The fourth-order valence-corrected chi connectivity index (χ4v) is 16.8. The number of likely N-dealkylation sites (tertiary alicyclic amines) is 1. The summed E-state index contributed by atoms with van der Waals surface area (Å²) in [5.74, 6) is -3.32. The van der Waals surface area contributed by atoms with Gasteiger partial charge in [0, 0.05) is 77.8 Å². The molecule has 1 N–H and O–H groups in total. The van der Waals surface area contributed by atoms with E-state index in [1.165, 1.54) is 6.92 Å². The van der Waals surface area contributed by atoms with Crippen LogP contribution < -0.4 is 0 Å². The molecule has 0 radical (unpaired) electrons. The number of piperidine rings is 1. The average molecular weight is 1250 g/mol. The van der Waals surface area contributed by atoms with Gasteiger partial charge in [-0.05, 0) is 86.0 Å². The van der Waals surface area contributed by atoms with E-state index in [1.54, 1.807) is 0 Å². The van der Waals surface area contributed by atoms with Gasteiger partial charge in [-0.15, -0.1) is 0 Å². The van der Waals surface area contributed by atoms with Crippen molar-refractivity contribution >= 4 is 56.8 Å². The van der Waals surface area contributed by atoms with Crippen LogP contribution in [0.4, 0.5) is 4.79 Å². The highest BCUT2D eigenvalue weighted by Crippen LogP contribution is 2.57. The van der Waals surface area contributed by atoms with E-state index in [1.807, 2.05) is 24.0 Å². The maximum Gasteiger partial charge on any atom is 0.412 e. The van der Waals surface area contributed by atoms with Crippen LogP contribution >= 0.6 is 22.6 Å². The van der Waals surface area contributed by atoms with Crippen molar-refractivity contribution < 1.29 is 66.5 Å². The van der Waals surface area contributed by atoms with Gasteiger partial charge in [-0.3, -0.25) is 14.5 Å². The zero-order chi connectivity index (χ0) is 57.8. The van der Waals surface area contributed by atoms with Crippen LogP contribution in [0, 0.1) is 35.5 Å². The summed E-state index contributed by atoms with van der Waals surface area (Å²) in [4.78, 5) is 41.6. The fourth-order valence-electron chi connectivity index (χ4n) is 13.9. The molecule has 20 atom stereocenters. The van der Waals surface area contributed by atoms with Gasteiger partial charge in [-0.1, -0.05) is 135 Å². The molecule has 0 saturated carbocycles. The van der Waals surface area contributed by atoms with Crippen molar-refractivity contribution in [3.8, 4) is 0 Å². The van der Waals surface area contributed by atoms with E-state index in [2.05, 4.69) is 123 Å². The monoisotopic (exact) mass is 1250 g/mol. The molecule has 0 aromatic carbocycles. The van der Waals surface area contributed by atoms with Gasteiger partial charge in [-0.25, -0.2) is 4.79 Å². The van der Waals surface area contributed by atoms with Crippen molar-refractivity contribution in [2.24, 2.45) is 35.5 Å². The number of carbonyl (C=O) groups is 3. The quantitative estimate of drug-likeness (QED) is 0.0324. The first kappa shape index (κ1) is 63.5. The number of hydrogen-bond donors (Lipinski definition) is 1. The molecule has 18 heteroatoms. The Morgan fingerprint density at radius 2 is 1.62 bits per heavy atom. The molecular formula is C61H100INO14Si2. The molecule has 0 unspecified atom stereocenters. The number of esters is 1. The first-order valence-corrected chi connectivity index (χ1v) is 38.0. The Hall–Kier alpha value is -1.57. The van der Waals surface area contributed by atoms with Gasteiger partial charge in [0.05, 0.1) is 59.9 Å². The predicted molar refractivity (Wildman–Crippen MR) is 317 cm³/mol. The number of rotatable bonds is 19. The third-order valence-electron chi connectivity index (χ3n) is 19.4. The van der Waals surface area contributed by atoms with E-state index in [-0.39, 0.29) is 87.1 Å². The van der Waals surface area contributed by atoms with E-state index in [0.29, 0.717) is 77.0 Å². The number of ketones is 1. The maximum absolute atomic E-state index is 14.5. The van der Waals surface area contributed by atoms with Crippen molar-refractivity contribution in [1.29, 1.82) is 0 Å². The molecular weight excluding hydrogens is 1150 g/mol. The lowest BCUT2D eigenvalue weighted by Gasteiger charge is -2.55. The highest BCUT2D eigenvalue weighted by Gasteiger charge is 2.67. The number of aliphatic hydroxyl groups is 1. The number of unbranched alkanes of at least 4 members (excludes halogenated alkanes) is 1. The Morgan fingerprint density at radius 3 is 2.32 bits per heavy atom. The van der Waals surface area contributed by atoms with E-state index in [4.69, 9.17) is 53.6 Å². The van der Waals surface area contributed by atoms with E-state index in [0.717, 1.165) is 37.3 Å². The topological polar surface area (TPSA) is 167 Å². The van der Waals surface area contributed by atoms with Gasteiger partial charge in [0.1, 0.15) is 12.2 Å². The molecule has 1 amide bonds. The Labute approximate surface area is 489 Å². The summed E-state index contributed by atoms with van der Waals surface area (Å²) < 4.78 is 67.2. The number of hydrogen-bond acceptors (Lipinski definition) is 14. The number of nitrogens with zero attached hydrogens (tertiary/aromatic N) is 1. The molecule has 0 aromatic heterocycles. The second-order valence-electron chi connectivity index (χ2n) is 28.4. The normalized spacial score (nSPS) is 39.9. The molecule has 0 aliphatic carbocycles. The molecule has 3 spiro atoms. The number of halogens is 1. The number of ether oxygens (including phenoxy) is 9. The van der Waals surface area contributed by atoms with Gasteiger partial charge < -0.3 is 52.2 Å². The van der Waals surface area contributed by atoms with Crippen LogP contribution in [0.5, 0.6) is 0 Å². The molecule has 8 aliphatic rings. The third-order valence-corrected chi connectivity index (χ3v) is 27.8. The lowest BCUT2D eigenvalue weighted by molar-refractivity contribution is -0.365. The Bertz CT molecular complexity index is 2250. The van der Waals surface area contributed by atoms with Gasteiger partial charge in [0.2, 0.25) is 0 Å². The van der Waals surface area contributed by atoms with Crippen molar-refractivity contribution in [2.45, 2.75) is 272 Å². The Morgan fingerprint density at radius 1 is 0.899 bits per heavy atom. The fraction of sp³-hybridized carbons (Fsp3) is 0.852. The van der Waals surface area contributed by atoms with Crippen molar-refractivity contribution in [3.63, 3.8) is 0 Å². The van der Waals surface area contributed by atoms with Gasteiger partial charge in [0.25, 0.3) is 0 Å². The zero-order valence-corrected chi connectivity index (χ0v) is 54.8. The summed E-state index contributed by atoms with van der Waals surface area (Å²) in [5.41, 5.74) is -0.0118. The van der Waals surface area contributed by atoms with Crippen LogP contribution in [0.15, 0.2) is 36.5 Å². The first-order chi connectivity index (χ1) is 36.8. The summed E-state index contributed by atoms with van der Waals surface area (Å²) in [6, 6.07) is 0.900. The minimum Gasteiger partial charge on any atom is -0.466 e. The largest absolute Gasteiger partial charge is 0.466 e. The highest BCUT2D eigenvalue weighted by molar-refractivity contribution is 14.1. The van der Waals surface area contributed by atoms with Crippen LogP contribution in [0.3, 0.4) is 0 Å². The van der Waals surface area contributed by atoms with Gasteiger partial charge >= 0.3 is 12.1 Å². The van der Waals surface area contributed by atoms with Crippen LogP contribution in [0.1, 0.15) is 146 Å². The second-order valence-corrected chi connectivity index (χ2v) is 40.2. The van der Waals surface area contributed by atoms with Crippen LogP contribution in [-0.2, 0) is 56.6 Å². The standard InChI is InChI=1S/C61H100INO14Si2/c1-37-29-42(6)59(63(36-37)56(67)69-27-28-78(12,13)14)35-50-54(75-59)49-31-40(4)55(62)61(73-49,74-50)34-41(5)53(76-79(15,16)57(9,10)11)39(3)30-38(2)51(65)52(66)48-33-47-46(70-48)32-43(7)60(72-47)25-24-58(77-60)23-20-22-45(71-58)21-18-17-19-26-68-44(8)64/h18,20-22,37-40,42-43,45-50,52-55,66H,5,17,19,23-36H2,1-4,6-16H3/b21-18+/t37-,38-,39+,40+,42+,43-,45-,46-,47-,48+,49+,50-,52-,53+,54-,55+,58+,59+,60-,61+/m1/s1. The number of aliphatic hydroxyl groups excluding tert-OH is 1. The molecule has 8 aliphatic heterocycles. The number of Topliss-reactive ketones (excluding diaryl/α,β-unsaturated/α-hetero) is 1. The Kier molecular flexibility index (Phi) is 19.6. The third kappa shape index (κ3) is 13.8. The molecule has 7 fully saturated rings. The van der Waals surface area contributed by atoms with Crippen molar-refractivity contribution in [2.75, 3.05) is 19.8 Å². The minimum absolute atomic E-state index is 0.0103. The maximum atomic E-state index is 14.5. The Balaban J connectivity index is 0.922. The van der Waals surface area contributed by atoms with E-state index < -0.39 is 63.7 Å². The second kappa shape index (κ2) is 24.4. The lowest BCUT2D eigenvalue weighted by Crippen LogP contribution is -2.64. The average Bonchev–Trinajstić information content (AvgIpc) is 3.95. The van der Waals surface area contributed by atoms with Crippen LogP contribution in [-0.4, -0.2) is 146 Å². The van der Waals surface area contributed by atoms with Crippen LogP contribution in [0.2, 0.25) is 43.8 Å². The molecule has 8 heterocycles. The number of carbonyl (C=O) groups excluding carboxylic acids is 3. The lowest BCUT2D eigenvalue weighted by atomic mass is 9.78. The molecule has 448 valence electrons. The summed E-state index contributed by atoms with van der Waals surface area (Å²) in [6.45, 7) is 38.5. The number of fused-ring (bicyclic) bond motifs is 5. The molecule has 15 nitrogen and oxygen atoms in total. The molecule has 79 heavy (non-hydrogen) atoms. The van der Waals surface area contributed by atoms with Crippen LogP contribution in [0.25, 0.3) is 0 Å². The SMILES string of the molecule is C=C(C[C@@]12O[C@@H](C[C@H](C)[C@@H]1I)[C@H]1O[C@@]3(C[C@H]1O2)[C@@H](C)C[C@@H](C)CN3C(=O)OCC[Si](C)(C)C)[C@@H](O[Si](C)(C)C(C)(C)C)[C@@H](C)C[C@@H](C)C(=O)[C@H](O)[C@@H]1C[C@H]2O[C@@]3(CC[C@]4(CC=C[C@@H](/C=C/CCCOC(C)=O)O4)O3)[C@H](C)C[C@H]2O1. The smallest absolute Gasteiger partial charge is 0.412 e. The summed E-state index contributed by atoms with van der Waals surface area (Å²) in [7, 11) is -3.86. The van der Waals surface area contributed by atoms with E-state index in [9.17, 15) is 19.5 Å². The van der Waals surface area contributed by atoms with Crippen molar-refractivity contribution in [3.05, 3.63) is 36.5 Å². The molecule has 2 bridgehead atoms. The molecule has 7 saturated heterocycles. The van der Waals surface area contributed by atoms with Crippen molar-refractivity contribution in [1.82, 2.24) is 4.90 Å². The molecule has 8 rings (SSSR count). The molecule has 0 aromatic rings. The summed E-state index contributed by atoms with van der Waals surface area (Å²) in [6.07, 6.45) is 11.3. The number of alkyl halides is 1. The predicted octanol–water partition coefficient (Wildman–Crippen LogP) is 12.2. The summed E-state index contributed by atoms with van der Waals surface area (Å²) >= 11 is 2.53. The van der Waals surface area contributed by atoms with E-state index >= 15 is 0 Å². The summed E-state index contributed by atoms with van der Waals surface area (Å²) in [5, 5.41) is 11.8. The highest BCUT2D eigenvalue weighted by atomic mass is 127.